The molecule has 0 fully saturated rings. The van der Waals surface area contributed by atoms with Crippen LogP contribution in [0, 0.1) is 12.7 Å². The highest BCUT2D eigenvalue weighted by Gasteiger charge is 2.13. The molecule has 3 rings (SSSR count). The molecule has 0 saturated carbocycles. The largest absolute Gasteiger partial charge is 0.321 e. The summed E-state index contributed by atoms with van der Waals surface area (Å²) in [4.78, 5) is 28.8. The van der Waals surface area contributed by atoms with Gasteiger partial charge in [0.05, 0.1) is 5.02 Å². The summed E-state index contributed by atoms with van der Waals surface area (Å²) in [6, 6.07) is 15.7. The number of pyridine rings is 1. The minimum Gasteiger partial charge on any atom is -0.321 e. The van der Waals surface area contributed by atoms with Crippen molar-refractivity contribution < 1.29 is 14.0 Å². The van der Waals surface area contributed by atoms with E-state index in [0.717, 1.165) is 11.6 Å². The van der Waals surface area contributed by atoms with Gasteiger partial charge in [-0.3, -0.25) is 9.59 Å². The van der Waals surface area contributed by atoms with Crippen LogP contribution in [0.5, 0.6) is 0 Å². The molecule has 2 N–H and O–H groups in total. The number of amides is 2. The summed E-state index contributed by atoms with van der Waals surface area (Å²) in [5, 5.41) is 5.18. The molecule has 3 aromatic rings. The van der Waals surface area contributed by atoms with E-state index < -0.39 is 17.6 Å². The summed E-state index contributed by atoms with van der Waals surface area (Å²) < 4.78 is 13.2. The molecule has 0 saturated heterocycles. The van der Waals surface area contributed by atoms with Gasteiger partial charge in [-0.25, -0.2) is 9.37 Å². The number of rotatable bonds is 4. The Morgan fingerprint density at radius 2 is 1.44 bits per heavy atom. The molecule has 0 aliphatic carbocycles. The summed E-state index contributed by atoms with van der Waals surface area (Å²) in [5.41, 5.74) is 2.17. The first kappa shape index (κ1) is 18.5. The van der Waals surface area contributed by atoms with Crippen LogP contribution in [0.2, 0.25) is 5.02 Å². The molecule has 27 heavy (non-hydrogen) atoms. The lowest BCUT2D eigenvalue weighted by Crippen LogP contribution is -2.18. The van der Waals surface area contributed by atoms with Crippen molar-refractivity contribution >= 4 is 34.8 Å². The lowest BCUT2D eigenvalue weighted by Gasteiger charge is -2.08. The monoisotopic (exact) mass is 383 g/mol. The van der Waals surface area contributed by atoms with Crippen molar-refractivity contribution in [1.29, 1.82) is 0 Å². The van der Waals surface area contributed by atoms with Gasteiger partial charge in [-0.1, -0.05) is 35.4 Å². The summed E-state index contributed by atoms with van der Waals surface area (Å²) in [6.07, 6.45) is 0. The van der Waals surface area contributed by atoms with E-state index in [1.165, 1.54) is 24.3 Å². The SMILES string of the molecule is Cc1ccc(NC(=O)c2cccc(C(=O)Nc3ccc(F)c(Cl)c3)n2)cc1. The molecule has 0 bridgehead atoms. The van der Waals surface area contributed by atoms with Crippen LogP contribution >= 0.6 is 11.6 Å². The minimum absolute atomic E-state index is 0.0482. The van der Waals surface area contributed by atoms with E-state index in [1.807, 2.05) is 19.1 Å². The highest BCUT2D eigenvalue weighted by atomic mass is 35.5. The first-order chi connectivity index (χ1) is 12.9. The van der Waals surface area contributed by atoms with Gasteiger partial charge in [0, 0.05) is 11.4 Å². The Bertz CT molecular complexity index is 1010. The second kappa shape index (κ2) is 7.97. The smallest absolute Gasteiger partial charge is 0.274 e. The first-order valence-electron chi connectivity index (χ1n) is 8.04. The Morgan fingerprint density at radius 1 is 0.889 bits per heavy atom. The van der Waals surface area contributed by atoms with Crippen molar-refractivity contribution in [3.05, 3.63) is 88.5 Å². The molecule has 136 valence electrons. The van der Waals surface area contributed by atoms with Gasteiger partial charge in [0.1, 0.15) is 17.2 Å². The summed E-state index contributed by atoms with van der Waals surface area (Å²) in [7, 11) is 0. The van der Waals surface area contributed by atoms with E-state index in [2.05, 4.69) is 15.6 Å². The maximum Gasteiger partial charge on any atom is 0.274 e. The van der Waals surface area contributed by atoms with Crippen LogP contribution in [0.3, 0.4) is 0 Å². The van der Waals surface area contributed by atoms with Crippen molar-refractivity contribution in [2.24, 2.45) is 0 Å². The molecule has 5 nitrogen and oxygen atoms in total. The molecule has 0 spiro atoms. The number of aryl methyl sites for hydroxylation is 1. The van der Waals surface area contributed by atoms with Gasteiger partial charge in [-0.2, -0.15) is 0 Å². The first-order valence-corrected chi connectivity index (χ1v) is 8.41. The number of anilines is 2. The number of nitrogens with zero attached hydrogens (tertiary/aromatic N) is 1. The quantitative estimate of drug-likeness (QED) is 0.686. The summed E-state index contributed by atoms with van der Waals surface area (Å²) in [5.74, 6) is -1.55. The Balaban J connectivity index is 1.73. The highest BCUT2D eigenvalue weighted by Crippen LogP contribution is 2.20. The van der Waals surface area contributed by atoms with Gasteiger partial charge in [0.2, 0.25) is 0 Å². The van der Waals surface area contributed by atoms with Crippen LogP contribution in [-0.2, 0) is 0 Å². The fourth-order valence-corrected chi connectivity index (χ4v) is 2.47. The van der Waals surface area contributed by atoms with Gasteiger partial charge in [0.15, 0.2) is 0 Å². The Kier molecular flexibility index (Phi) is 5.47. The van der Waals surface area contributed by atoms with E-state index in [4.69, 9.17) is 11.6 Å². The maximum atomic E-state index is 13.2. The van der Waals surface area contributed by atoms with E-state index >= 15 is 0 Å². The standard InChI is InChI=1S/C20H15ClFN3O2/c1-12-5-7-13(8-6-12)23-19(26)17-3-2-4-18(25-17)20(27)24-14-9-10-16(22)15(21)11-14/h2-11H,1H3,(H,23,26)(H,24,27). The van der Waals surface area contributed by atoms with Gasteiger partial charge in [-0.15, -0.1) is 0 Å². The molecule has 1 heterocycles. The average Bonchev–Trinajstić information content (AvgIpc) is 2.66. The molecule has 0 aliphatic heterocycles. The number of carbonyl (C=O) groups excluding carboxylic acids is 2. The predicted molar refractivity (Wildman–Crippen MR) is 103 cm³/mol. The summed E-state index contributed by atoms with van der Waals surface area (Å²) in [6.45, 7) is 1.95. The molecular weight excluding hydrogens is 369 g/mol. The van der Waals surface area contributed by atoms with Gasteiger partial charge in [-0.05, 0) is 49.4 Å². The number of carbonyl (C=O) groups is 2. The average molecular weight is 384 g/mol. The molecule has 1 aromatic heterocycles. The van der Waals surface area contributed by atoms with Gasteiger partial charge < -0.3 is 10.6 Å². The molecule has 0 atom stereocenters. The van der Waals surface area contributed by atoms with Gasteiger partial charge in [0.25, 0.3) is 11.8 Å². The minimum atomic E-state index is -0.581. The zero-order chi connectivity index (χ0) is 19.4. The zero-order valence-corrected chi connectivity index (χ0v) is 15.0. The van der Waals surface area contributed by atoms with Crippen molar-refractivity contribution in [3.63, 3.8) is 0 Å². The Labute approximate surface area is 160 Å². The van der Waals surface area contributed by atoms with Crippen LogP contribution in [0.4, 0.5) is 15.8 Å². The van der Waals surface area contributed by atoms with Crippen LogP contribution in [-0.4, -0.2) is 16.8 Å². The van der Waals surface area contributed by atoms with Crippen molar-refractivity contribution in [3.8, 4) is 0 Å². The van der Waals surface area contributed by atoms with E-state index in [0.29, 0.717) is 11.4 Å². The molecular formula is C20H15ClFN3O2. The van der Waals surface area contributed by atoms with Crippen molar-refractivity contribution in [2.75, 3.05) is 10.6 Å². The maximum absolute atomic E-state index is 13.2. The topological polar surface area (TPSA) is 71.1 Å². The number of hydrogen-bond acceptors (Lipinski definition) is 3. The van der Waals surface area contributed by atoms with Crippen molar-refractivity contribution in [1.82, 2.24) is 4.98 Å². The van der Waals surface area contributed by atoms with Crippen molar-refractivity contribution in [2.45, 2.75) is 6.92 Å². The van der Waals surface area contributed by atoms with E-state index in [-0.39, 0.29) is 16.4 Å². The number of aromatic nitrogens is 1. The lowest BCUT2D eigenvalue weighted by atomic mass is 10.2. The summed E-state index contributed by atoms with van der Waals surface area (Å²) >= 11 is 5.70. The number of hydrogen-bond donors (Lipinski definition) is 2. The molecule has 2 aromatic carbocycles. The fraction of sp³-hybridized carbons (Fsp3) is 0.0500. The lowest BCUT2D eigenvalue weighted by molar-refractivity contribution is 0.101. The molecule has 0 aliphatic rings. The van der Waals surface area contributed by atoms with Crippen LogP contribution in [0.25, 0.3) is 0 Å². The third-order valence-corrected chi connectivity index (χ3v) is 3.99. The second-order valence-electron chi connectivity index (χ2n) is 5.81. The van der Waals surface area contributed by atoms with Crippen LogP contribution < -0.4 is 10.6 Å². The molecule has 0 radical (unpaired) electrons. The Morgan fingerprint density at radius 3 is 2.04 bits per heavy atom. The number of halogens is 2. The Hall–Kier alpha value is -3.25. The highest BCUT2D eigenvalue weighted by molar-refractivity contribution is 6.31. The second-order valence-corrected chi connectivity index (χ2v) is 6.22. The van der Waals surface area contributed by atoms with E-state index in [9.17, 15) is 14.0 Å². The predicted octanol–water partition coefficient (Wildman–Crippen LogP) is 4.69. The van der Waals surface area contributed by atoms with E-state index in [1.54, 1.807) is 18.2 Å². The normalized spacial score (nSPS) is 10.3. The molecule has 7 heteroatoms. The third-order valence-electron chi connectivity index (χ3n) is 3.70. The zero-order valence-electron chi connectivity index (χ0n) is 14.3. The number of nitrogens with one attached hydrogen (secondary N) is 2. The van der Waals surface area contributed by atoms with Crippen LogP contribution in [0.15, 0.2) is 60.7 Å². The molecule has 0 unspecified atom stereocenters. The number of benzene rings is 2. The third kappa shape index (κ3) is 4.68. The molecule has 2 amide bonds. The van der Waals surface area contributed by atoms with Crippen LogP contribution in [0.1, 0.15) is 26.5 Å². The fourth-order valence-electron chi connectivity index (χ4n) is 2.29. The van der Waals surface area contributed by atoms with Gasteiger partial charge >= 0.3 is 0 Å².